The number of rotatable bonds is 3. The molecule has 0 unspecified atom stereocenters. The van der Waals surface area contributed by atoms with E-state index in [-0.39, 0.29) is 5.91 Å². The van der Waals surface area contributed by atoms with Crippen LogP contribution in [-0.4, -0.2) is 42.2 Å². The van der Waals surface area contributed by atoms with E-state index in [2.05, 4.69) is 5.32 Å². The van der Waals surface area contributed by atoms with E-state index in [4.69, 9.17) is 44.6 Å². The molecule has 2 aromatic rings. The van der Waals surface area contributed by atoms with Crippen LogP contribution in [0.5, 0.6) is 0 Å². The van der Waals surface area contributed by atoms with Gasteiger partial charge in [-0.2, -0.15) is 0 Å². The van der Waals surface area contributed by atoms with Gasteiger partial charge in [0.15, 0.2) is 5.11 Å². The fourth-order valence-electron chi connectivity index (χ4n) is 2.43. The van der Waals surface area contributed by atoms with Crippen molar-refractivity contribution in [1.82, 2.24) is 10.2 Å². The molecule has 1 N–H and O–H groups in total. The van der Waals surface area contributed by atoms with Crippen molar-refractivity contribution in [1.29, 1.82) is 0 Å². The molecule has 26 heavy (non-hydrogen) atoms. The van der Waals surface area contributed by atoms with Gasteiger partial charge in [-0.1, -0.05) is 29.3 Å². The third-order valence-electron chi connectivity index (χ3n) is 3.77. The van der Waals surface area contributed by atoms with Crippen molar-refractivity contribution in [3.63, 3.8) is 0 Å². The van der Waals surface area contributed by atoms with E-state index in [1.165, 1.54) is 6.08 Å². The Labute approximate surface area is 166 Å². The Balaban J connectivity index is 1.62. The van der Waals surface area contributed by atoms with Crippen molar-refractivity contribution in [2.24, 2.45) is 0 Å². The molecule has 0 aliphatic carbocycles. The second-order valence-corrected chi connectivity index (χ2v) is 6.70. The molecule has 1 saturated heterocycles. The van der Waals surface area contributed by atoms with E-state index in [9.17, 15) is 4.79 Å². The van der Waals surface area contributed by atoms with Gasteiger partial charge in [-0.15, -0.1) is 0 Å². The first kappa shape index (κ1) is 18.9. The summed E-state index contributed by atoms with van der Waals surface area (Å²) in [4.78, 5) is 13.9. The van der Waals surface area contributed by atoms with Gasteiger partial charge in [0.05, 0.1) is 23.3 Å². The summed E-state index contributed by atoms with van der Waals surface area (Å²) in [6, 6.07) is 8.83. The topological polar surface area (TPSA) is 54.7 Å². The number of hydrogen-bond donors (Lipinski definition) is 1. The van der Waals surface area contributed by atoms with Gasteiger partial charge >= 0.3 is 0 Å². The predicted molar refractivity (Wildman–Crippen MR) is 106 cm³/mol. The molecular formula is C18H16Cl2N2O3S. The van der Waals surface area contributed by atoms with E-state index in [1.807, 2.05) is 11.0 Å². The zero-order valence-electron chi connectivity index (χ0n) is 13.7. The predicted octanol–water partition coefficient (Wildman–Crippen LogP) is 4.00. The van der Waals surface area contributed by atoms with Crippen LogP contribution < -0.4 is 5.32 Å². The maximum Gasteiger partial charge on any atom is 0.250 e. The molecule has 2 heterocycles. The number of morpholine rings is 1. The minimum absolute atomic E-state index is 0.319. The SMILES string of the molecule is O=C(C=Cc1ccc(-c2cccc(Cl)c2Cl)o1)NC(=S)N1CCOCC1. The molecule has 1 aromatic heterocycles. The average molecular weight is 411 g/mol. The van der Waals surface area contributed by atoms with Crippen molar-refractivity contribution in [2.75, 3.05) is 26.3 Å². The number of amides is 1. The lowest BCUT2D eigenvalue weighted by Crippen LogP contribution is -2.47. The zero-order valence-corrected chi connectivity index (χ0v) is 16.0. The molecule has 1 aliphatic rings. The van der Waals surface area contributed by atoms with Crippen molar-refractivity contribution in [2.45, 2.75) is 0 Å². The lowest BCUT2D eigenvalue weighted by molar-refractivity contribution is -0.115. The Hall–Kier alpha value is -1.86. The number of thiocarbonyl (C=S) groups is 1. The summed E-state index contributed by atoms with van der Waals surface area (Å²) in [5, 5.41) is 3.94. The van der Waals surface area contributed by atoms with E-state index in [1.54, 1.807) is 30.3 Å². The number of hydrogen-bond acceptors (Lipinski definition) is 4. The largest absolute Gasteiger partial charge is 0.457 e. The van der Waals surface area contributed by atoms with Crippen LogP contribution in [0.15, 0.2) is 40.8 Å². The normalized spacial score (nSPS) is 14.6. The Kier molecular flexibility index (Phi) is 6.32. The summed E-state index contributed by atoms with van der Waals surface area (Å²) in [6.07, 6.45) is 2.94. The number of furan rings is 1. The van der Waals surface area contributed by atoms with E-state index < -0.39 is 0 Å². The first-order valence-electron chi connectivity index (χ1n) is 7.94. The highest BCUT2D eigenvalue weighted by Crippen LogP contribution is 2.34. The number of carbonyl (C=O) groups is 1. The Morgan fingerprint density at radius 3 is 2.73 bits per heavy atom. The van der Waals surface area contributed by atoms with Crippen LogP contribution in [0, 0.1) is 0 Å². The second kappa shape index (κ2) is 8.68. The molecule has 0 saturated carbocycles. The quantitative estimate of drug-likeness (QED) is 0.611. The highest BCUT2D eigenvalue weighted by atomic mass is 35.5. The van der Waals surface area contributed by atoms with Crippen LogP contribution in [0.2, 0.25) is 10.0 Å². The van der Waals surface area contributed by atoms with Gasteiger partial charge in [0.1, 0.15) is 11.5 Å². The molecule has 8 heteroatoms. The molecule has 5 nitrogen and oxygen atoms in total. The van der Waals surface area contributed by atoms with Crippen LogP contribution >= 0.6 is 35.4 Å². The summed E-state index contributed by atoms with van der Waals surface area (Å²) in [7, 11) is 0. The fourth-order valence-corrected chi connectivity index (χ4v) is 3.11. The molecule has 0 atom stereocenters. The highest BCUT2D eigenvalue weighted by molar-refractivity contribution is 7.80. The van der Waals surface area contributed by atoms with Crippen molar-refractivity contribution >= 4 is 52.5 Å². The van der Waals surface area contributed by atoms with Crippen LogP contribution in [0.25, 0.3) is 17.4 Å². The van der Waals surface area contributed by atoms with E-state index >= 15 is 0 Å². The van der Waals surface area contributed by atoms with Crippen LogP contribution in [0.4, 0.5) is 0 Å². The standard InChI is InChI=1S/C18H16Cl2N2O3S/c19-14-3-1-2-13(17(14)20)15-6-4-12(25-15)5-7-16(23)21-18(26)22-8-10-24-11-9-22/h1-7H,8-11H2,(H,21,23,26). The first-order chi connectivity index (χ1) is 12.5. The molecule has 1 fully saturated rings. The van der Waals surface area contributed by atoms with Crippen molar-refractivity contribution in [3.05, 3.63) is 52.2 Å². The molecule has 3 rings (SSSR count). The molecule has 1 amide bonds. The van der Waals surface area contributed by atoms with Gasteiger partial charge in [-0.3, -0.25) is 10.1 Å². The van der Waals surface area contributed by atoms with Gasteiger partial charge in [0.2, 0.25) is 5.91 Å². The molecule has 1 aliphatic heterocycles. The van der Waals surface area contributed by atoms with Crippen LogP contribution in [0.3, 0.4) is 0 Å². The highest BCUT2D eigenvalue weighted by Gasteiger charge is 2.15. The lowest BCUT2D eigenvalue weighted by atomic mass is 10.2. The van der Waals surface area contributed by atoms with Crippen LogP contribution in [-0.2, 0) is 9.53 Å². The number of nitrogens with zero attached hydrogens (tertiary/aromatic N) is 1. The molecule has 0 spiro atoms. The zero-order chi connectivity index (χ0) is 18.5. The maximum atomic E-state index is 12.0. The molecule has 1 aromatic carbocycles. The molecule has 136 valence electrons. The van der Waals surface area contributed by atoms with Gasteiger partial charge in [0, 0.05) is 24.7 Å². The van der Waals surface area contributed by atoms with Crippen molar-refractivity contribution in [3.8, 4) is 11.3 Å². The van der Waals surface area contributed by atoms with Crippen LogP contribution in [0.1, 0.15) is 5.76 Å². The monoisotopic (exact) mass is 410 g/mol. The van der Waals surface area contributed by atoms with Gasteiger partial charge in [-0.25, -0.2) is 0 Å². The second-order valence-electron chi connectivity index (χ2n) is 5.53. The maximum absolute atomic E-state index is 12.0. The summed E-state index contributed by atoms with van der Waals surface area (Å²) >= 11 is 17.4. The fraction of sp³-hybridized carbons (Fsp3) is 0.222. The minimum Gasteiger partial charge on any atom is -0.457 e. The number of carbonyl (C=O) groups excluding carboxylic acids is 1. The summed E-state index contributed by atoms with van der Waals surface area (Å²) in [5.74, 6) is 0.769. The Morgan fingerprint density at radius 2 is 1.96 bits per heavy atom. The Morgan fingerprint density at radius 1 is 1.19 bits per heavy atom. The third kappa shape index (κ3) is 4.65. The number of ether oxygens (including phenoxy) is 1. The molecule has 0 radical (unpaired) electrons. The number of halogens is 2. The molecule has 0 bridgehead atoms. The van der Waals surface area contributed by atoms with Gasteiger partial charge in [0.25, 0.3) is 0 Å². The summed E-state index contributed by atoms with van der Waals surface area (Å²) < 4.78 is 11.0. The molecular weight excluding hydrogens is 395 g/mol. The average Bonchev–Trinajstić information content (AvgIpc) is 3.12. The smallest absolute Gasteiger partial charge is 0.250 e. The third-order valence-corrected chi connectivity index (χ3v) is 4.95. The van der Waals surface area contributed by atoms with E-state index in [0.29, 0.717) is 58.5 Å². The number of benzene rings is 1. The summed E-state index contributed by atoms with van der Waals surface area (Å²) in [5.41, 5.74) is 0.691. The van der Waals surface area contributed by atoms with E-state index in [0.717, 1.165) is 0 Å². The van der Waals surface area contributed by atoms with Gasteiger partial charge in [-0.05, 0) is 42.6 Å². The summed E-state index contributed by atoms with van der Waals surface area (Å²) in [6.45, 7) is 2.55. The first-order valence-corrected chi connectivity index (χ1v) is 9.11. The number of nitrogens with one attached hydrogen (secondary N) is 1. The van der Waals surface area contributed by atoms with Crippen molar-refractivity contribution < 1.29 is 13.9 Å². The minimum atomic E-state index is -0.319. The Bertz CT molecular complexity index is 845. The van der Waals surface area contributed by atoms with Gasteiger partial charge < -0.3 is 14.1 Å². The lowest BCUT2D eigenvalue weighted by Gasteiger charge is -2.28.